The first-order valence-corrected chi connectivity index (χ1v) is 9.06. The molecule has 0 saturated carbocycles. The third-order valence-electron chi connectivity index (χ3n) is 4.15. The smallest absolute Gasteiger partial charge is 0.276 e. The van der Waals surface area contributed by atoms with Gasteiger partial charge in [0.2, 0.25) is 0 Å². The number of hydrogen-bond acceptors (Lipinski definition) is 5. The number of rotatable bonds is 3. The molecule has 140 valence electrons. The van der Waals surface area contributed by atoms with E-state index in [9.17, 15) is 14.9 Å². The zero-order valence-corrected chi connectivity index (χ0v) is 16.1. The molecule has 1 aliphatic rings. The van der Waals surface area contributed by atoms with Crippen LogP contribution in [-0.2, 0) is 0 Å². The van der Waals surface area contributed by atoms with Gasteiger partial charge in [-0.2, -0.15) is 0 Å². The van der Waals surface area contributed by atoms with Gasteiger partial charge in [-0.3, -0.25) is 14.9 Å². The van der Waals surface area contributed by atoms with E-state index in [1.165, 1.54) is 12.1 Å². The second kappa shape index (κ2) is 6.97. The van der Waals surface area contributed by atoms with Gasteiger partial charge in [0.1, 0.15) is 11.3 Å². The fourth-order valence-electron chi connectivity index (χ4n) is 2.83. The van der Waals surface area contributed by atoms with Crippen LogP contribution in [0.5, 0.6) is 23.0 Å². The van der Waals surface area contributed by atoms with Gasteiger partial charge in [0.05, 0.1) is 27.2 Å². The van der Waals surface area contributed by atoms with Crippen LogP contribution in [0.25, 0.3) is 0 Å². The van der Waals surface area contributed by atoms with E-state index in [-0.39, 0.29) is 22.7 Å². The Bertz CT molecular complexity index is 1130. The van der Waals surface area contributed by atoms with Gasteiger partial charge in [-0.05, 0) is 52.7 Å². The molecule has 3 aromatic rings. The molecule has 0 saturated heterocycles. The topological polar surface area (TPSA) is 90.7 Å². The number of nitrogens with zero attached hydrogens (tertiary/aromatic N) is 1. The van der Waals surface area contributed by atoms with Gasteiger partial charge in [0, 0.05) is 0 Å². The average Bonchev–Trinajstić information content (AvgIpc) is 2.79. The minimum atomic E-state index is -0.559. The number of para-hydroxylation sites is 1. The van der Waals surface area contributed by atoms with Crippen LogP contribution in [-0.4, -0.2) is 10.8 Å². The van der Waals surface area contributed by atoms with E-state index >= 15 is 0 Å². The SMILES string of the molecule is Cc1ccc2c(c1)Oc1cc([N+](=O)[O-])cc(Oc3ccccc3Br)c1C(=O)N2. The number of fused-ring (bicyclic) bond motifs is 2. The molecule has 0 bridgehead atoms. The van der Waals surface area contributed by atoms with E-state index in [4.69, 9.17) is 9.47 Å². The summed E-state index contributed by atoms with van der Waals surface area (Å²) in [6.45, 7) is 1.88. The second-order valence-electron chi connectivity index (χ2n) is 6.16. The molecule has 0 aromatic heterocycles. The third kappa shape index (κ3) is 3.29. The summed E-state index contributed by atoms with van der Waals surface area (Å²) in [5.41, 5.74) is 1.23. The first-order chi connectivity index (χ1) is 13.4. The molecule has 0 unspecified atom stereocenters. The van der Waals surface area contributed by atoms with Crippen molar-refractivity contribution < 1.29 is 19.2 Å². The number of carbonyl (C=O) groups is 1. The molecule has 1 aliphatic heterocycles. The van der Waals surface area contributed by atoms with Crippen molar-refractivity contribution in [2.75, 3.05) is 5.32 Å². The molecule has 0 aliphatic carbocycles. The van der Waals surface area contributed by atoms with Gasteiger partial charge in [0.25, 0.3) is 11.6 Å². The van der Waals surface area contributed by atoms with E-state index in [0.29, 0.717) is 21.7 Å². The predicted molar refractivity (Wildman–Crippen MR) is 107 cm³/mol. The van der Waals surface area contributed by atoms with Crippen molar-refractivity contribution in [2.24, 2.45) is 0 Å². The van der Waals surface area contributed by atoms with Crippen LogP contribution in [0.15, 0.2) is 59.1 Å². The van der Waals surface area contributed by atoms with Gasteiger partial charge in [-0.1, -0.05) is 18.2 Å². The molecule has 0 radical (unpaired) electrons. The van der Waals surface area contributed by atoms with Crippen molar-refractivity contribution in [3.05, 3.63) is 80.3 Å². The van der Waals surface area contributed by atoms with Crippen molar-refractivity contribution in [1.82, 2.24) is 0 Å². The number of nitrogens with one attached hydrogen (secondary N) is 1. The highest BCUT2D eigenvalue weighted by Crippen LogP contribution is 2.43. The summed E-state index contributed by atoms with van der Waals surface area (Å²) in [5, 5.41) is 14.2. The first-order valence-electron chi connectivity index (χ1n) is 8.27. The van der Waals surface area contributed by atoms with Crippen LogP contribution in [0.3, 0.4) is 0 Å². The average molecular weight is 441 g/mol. The Morgan fingerprint density at radius 1 is 1.07 bits per heavy atom. The summed E-state index contributed by atoms with van der Waals surface area (Å²) in [6.07, 6.45) is 0. The molecular formula is C20H13BrN2O5. The lowest BCUT2D eigenvalue weighted by Crippen LogP contribution is -2.12. The lowest BCUT2D eigenvalue weighted by molar-refractivity contribution is -0.385. The summed E-state index contributed by atoms with van der Waals surface area (Å²) < 4.78 is 12.4. The summed E-state index contributed by atoms with van der Waals surface area (Å²) in [5.74, 6) is 0.417. The highest BCUT2D eigenvalue weighted by molar-refractivity contribution is 9.10. The number of anilines is 1. The molecule has 1 heterocycles. The lowest BCUT2D eigenvalue weighted by Gasteiger charge is -2.13. The Morgan fingerprint density at radius 2 is 1.86 bits per heavy atom. The maximum atomic E-state index is 12.9. The van der Waals surface area contributed by atoms with Crippen molar-refractivity contribution in [1.29, 1.82) is 0 Å². The summed E-state index contributed by atoms with van der Waals surface area (Å²) >= 11 is 3.37. The molecule has 0 atom stereocenters. The number of carbonyl (C=O) groups excluding carboxylic acids is 1. The number of nitro groups is 1. The quantitative estimate of drug-likeness (QED) is 0.409. The fourth-order valence-corrected chi connectivity index (χ4v) is 3.20. The molecule has 0 fully saturated rings. The molecule has 7 nitrogen and oxygen atoms in total. The van der Waals surface area contributed by atoms with E-state index < -0.39 is 10.8 Å². The van der Waals surface area contributed by atoms with E-state index in [1.54, 1.807) is 36.4 Å². The standard InChI is InChI=1S/C20H13BrN2O5/c1-11-6-7-14-16(8-11)28-18-10-12(23(25)26)9-17(19(18)20(24)22-14)27-15-5-3-2-4-13(15)21/h2-10H,1H3,(H,22,24). The Balaban J connectivity index is 1.89. The van der Waals surface area contributed by atoms with E-state index in [1.807, 2.05) is 13.0 Å². The Kier molecular flexibility index (Phi) is 4.48. The molecule has 1 amide bonds. The summed E-state index contributed by atoms with van der Waals surface area (Å²) in [4.78, 5) is 23.7. The number of non-ortho nitro benzene ring substituents is 1. The second-order valence-corrected chi connectivity index (χ2v) is 7.02. The van der Waals surface area contributed by atoms with Crippen LogP contribution in [0.4, 0.5) is 11.4 Å². The number of halogens is 1. The molecule has 8 heteroatoms. The maximum Gasteiger partial charge on any atom is 0.276 e. The van der Waals surface area contributed by atoms with Crippen molar-refractivity contribution in [3.63, 3.8) is 0 Å². The summed E-state index contributed by atoms with van der Waals surface area (Å²) in [7, 11) is 0. The monoisotopic (exact) mass is 440 g/mol. The highest BCUT2D eigenvalue weighted by atomic mass is 79.9. The van der Waals surface area contributed by atoms with Gasteiger partial charge >= 0.3 is 0 Å². The number of benzene rings is 3. The molecule has 3 aromatic carbocycles. The minimum Gasteiger partial charge on any atom is -0.455 e. The van der Waals surface area contributed by atoms with Crippen LogP contribution < -0.4 is 14.8 Å². The van der Waals surface area contributed by atoms with Crippen molar-refractivity contribution >= 4 is 33.2 Å². The summed E-state index contributed by atoms with van der Waals surface area (Å²) in [6, 6.07) is 14.7. The van der Waals surface area contributed by atoms with E-state index in [2.05, 4.69) is 21.2 Å². The largest absolute Gasteiger partial charge is 0.455 e. The number of amides is 1. The van der Waals surface area contributed by atoms with Gasteiger partial charge in [0.15, 0.2) is 17.2 Å². The maximum absolute atomic E-state index is 12.9. The molecule has 0 spiro atoms. The zero-order chi connectivity index (χ0) is 19.8. The molecular weight excluding hydrogens is 428 g/mol. The minimum absolute atomic E-state index is 0.0260. The van der Waals surface area contributed by atoms with Gasteiger partial charge in [-0.15, -0.1) is 0 Å². The predicted octanol–water partition coefficient (Wildman–Crippen LogP) is 5.82. The van der Waals surface area contributed by atoms with Crippen LogP contribution in [0.2, 0.25) is 0 Å². The lowest BCUT2D eigenvalue weighted by atomic mass is 10.1. The Morgan fingerprint density at radius 3 is 2.61 bits per heavy atom. The highest BCUT2D eigenvalue weighted by Gasteiger charge is 2.29. The Hall–Kier alpha value is -3.39. The first kappa shape index (κ1) is 18.0. The van der Waals surface area contributed by atoms with Crippen molar-refractivity contribution in [3.8, 4) is 23.0 Å². The van der Waals surface area contributed by atoms with Crippen molar-refractivity contribution in [2.45, 2.75) is 6.92 Å². The zero-order valence-electron chi connectivity index (χ0n) is 14.6. The number of hydrogen-bond donors (Lipinski definition) is 1. The fraction of sp³-hybridized carbons (Fsp3) is 0.0500. The Labute approximate surface area is 168 Å². The normalized spacial score (nSPS) is 12.1. The van der Waals surface area contributed by atoms with Crippen LogP contribution >= 0.6 is 15.9 Å². The van der Waals surface area contributed by atoms with Gasteiger partial charge in [-0.25, -0.2) is 0 Å². The van der Waals surface area contributed by atoms with Gasteiger partial charge < -0.3 is 14.8 Å². The molecule has 1 N–H and O–H groups in total. The number of nitro benzene ring substituents is 1. The number of aryl methyl sites for hydroxylation is 1. The van der Waals surface area contributed by atoms with Crippen LogP contribution in [0, 0.1) is 17.0 Å². The third-order valence-corrected chi connectivity index (χ3v) is 4.81. The van der Waals surface area contributed by atoms with Crippen LogP contribution in [0.1, 0.15) is 15.9 Å². The molecule has 4 rings (SSSR count). The van der Waals surface area contributed by atoms with E-state index in [0.717, 1.165) is 5.56 Å². The number of ether oxygens (including phenoxy) is 2. The molecule has 28 heavy (non-hydrogen) atoms.